The maximum Gasteiger partial charge on any atom is 0.282 e. The second-order valence-electron chi connectivity index (χ2n) is 6.16. The summed E-state index contributed by atoms with van der Waals surface area (Å²) < 4.78 is 19.5. The van der Waals surface area contributed by atoms with Gasteiger partial charge in [0.25, 0.3) is 17.4 Å². The number of anilines is 2. The number of nitrogens with zero attached hydrogens (tertiary/aromatic N) is 2. The molecule has 0 saturated carbocycles. The highest BCUT2D eigenvalue weighted by Crippen LogP contribution is 2.37. The molecule has 0 saturated heterocycles. The van der Waals surface area contributed by atoms with Crippen molar-refractivity contribution in [2.45, 2.75) is 32.4 Å². The monoisotopic (exact) mass is 343 g/mol. The fourth-order valence-corrected chi connectivity index (χ4v) is 2.66. The Balaban J connectivity index is 1.99. The van der Waals surface area contributed by atoms with Crippen molar-refractivity contribution in [1.29, 1.82) is 0 Å². The molecule has 1 N–H and O–H groups in total. The maximum atomic E-state index is 13.8. The van der Waals surface area contributed by atoms with Crippen LogP contribution in [0.2, 0.25) is 0 Å². The molecule has 2 aromatic rings. The third-order valence-electron chi connectivity index (χ3n) is 3.99. The predicted octanol–water partition coefficient (Wildman–Crippen LogP) is 2.75. The van der Waals surface area contributed by atoms with Gasteiger partial charge in [-0.3, -0.25) is 14.5 Å². The maximum absolute atomic E-state index is 13.8. The van der Waals surface area contributed by atoms with Crippen molar-refractivity contribution in [3.63, 3.8) is 0 Å². The van der Waals surface area contributed by atoms with Crippen LogP contribution in [0.5, 0.6) is 5.75 Å². The summed E-state index contributed by atoms with van der Waals surface area (Å²) in [7, 11) is 0. The van der Waals surface area contributed by atoms with Crippen LogP contribution in [0.1, 0.15) is 20.8 Å². The van der Waals surface area contributed by atoms with E-state index in [4.69, 9.17) is 4.74 Å². The van der Waals surface area contributed by atoms with Crippen molar-refractivity contribution in [3.05, 3.63) is 48.4 Å². The molecule has 2 heterocycles. The summed E-state index contributed by atoms with van der Waals surface area (Å²) in [6.07, 6.45) is 1.55. The summed E-state index contributed by atoms with van der Waals surface area (Å²) in [6.45, 7) is 5.00. The fraction of sp³-hybridized carbons (Fsp3) is 0.278. The molecule has 0 bridgehead atoms. The number of ether oxygens (including phenoxy) is 1. The van der Waals surface area contributed by atoms with Crippen molar-refractivity contribution in [2.75, 3.05) is 10.2 Å². The molecule has 25 heavy (non-hydrogen) atoms. The molecular formula is C18H18FN3O3. The van der Waals surface area contributed by atoms with Gasteiger partial charge in [0.1, 0.15) is 5.82 Å². The van der Waals surface area contributed by atoms with E-state index < -0.39 is 23.2 Å². The van der Waals surface area contributed by atoms with Crippen molar-refractivity contribution in [2.24, 2.45) is 0 Å². The molecule has 1 aromatic heterocycles. The molecule has 3 rings (SSSR count). The number of fused-ring (bicyclic) bond motifs is 1. The number of benzene rings is 1. The number of rotatable bonds is 3. The molecule has 1 aliphatic rings. The zero-order valence-corrected chi connectivity index (χ0v) is 14.1. The summed E-state index contributed by atoms with van der Waals surface area (Å²) in [5.41, 5.74) is -1.85. The topological polar surface area (TPSA) is 71.5 Å². The van der Waals surface area contributed by atoms with Crippen molar-refractivity contribution >= 4 is 23.3 Å². The number of hydrogen-bond donors (Lipinski definition) is 1. The smallest absolute Gasteiger partial charge is 0.282 e. The van der Waals surface area contributed by atoms with Gasteiger partial charge in [-0.05, 0) is 45.0 Å². The van der Waals surface area contributed by atoms with Gasteiger partial charge in [0.05, 0.1) is 5.69 Å². The number of aromatic nitrogens is 1. The Morgan fingerprint density at radius 3 is 2.68 bits per heavy atom. The van der Waals surface area contributed by atoms with E-state index in [9.17, 15) is 14.0 Å². The molecule has 0 spiro atoms. The molecule has 1 aliphatic heterocycles. The van der Waals surface area contributed by atoms with Gasteiger partial charge >= 0.3 is 0 Å². The highest BCUT2D eigenvalue weighted by Gasteiger charge is 2.52. The number of amides is 2. The minimum Gasteiger partial charge on any atom is -0.464 e. The zero-order valence-electron chi connectivity index (χ0n) is 14.1. The lowest BCUT2D eigenvalue weighted by Gasteiger charge is -2.40. The Labute approximate surface area is 144 Å². The Morgan fingerprint density at radius 2 is 2.00 bits per heavy atom. The molecule has 130 valence electrons. The quantitative estimate of drug-likeness (QED) is 0.870. The number of carbonyl (C=O) groups is 2. The third kappa shape index (κ3) is 2.82. The largest absolute Gasteiger partial charge is 0.464 e. The van der Waals surface area contributed by atoms with Crippen LogP contribution in [0, 0.1) is 5.82 Å². The van der Waals surface area contributed by atoms with Crippen LogP contribution in [0.25, 0.3) is 0 Å². The molecular weight excluding hydrogens is 325 g/mol. The Bertz CT molecular complexity index is 840. The molecule has 1 aromatic carbocycles. The third-order valence-corrected chi connectivity index (χ3v) is 3.99. The first kappa shape index (κ1) is 16.9. The Kier molecular flexibility index (Phi) is 4.16. The lowest BCUT2D eigenvalue weighted by Crippen LogP contribution is -2.62. The van der Waals surface area contributed by atoms with E-state index in [0.29, 0.717) is 11.6 Å². The zero-order chi connectivity index (χ0) is 18.2. The van der Waals surface area contributed by atoms with Crippen molar-refractivity contribution in [3.8, 4) is 5.75 Å². The van der Waals surface area contributed by atoms with Gasteiger partial charge in [-0.25, -0.2) is 9.37 Å². The lowest BCUT2D eigenvalue weighted by atomic mass is 9.99. The van der Waals surface area contributed by atoms with E-state index in [1.807, 2.05) is 13.8 Å². The van der Waals surface area contributed by atoms with Gasteiger partial charge in [-0.1, -0.05) is 12.1 Å². The average Bonchev–Trinajstić information content (AvgIpc) is 2.57. The van der Waals surface area contributed by atoms with E-state index in [2.05, 4.69) is 10.3 Å². The van der Waals surface area contributed by atoms with Crippen LogP contribution < -0.4 is 15.0 Å². The minimum absolute atomic E-state index is 0.0156. The standard InChI is InChI=1S/C18H18FN3O3/c1-11(2)22-15-14(9-6-10-20-15)25-18(3,17(22)24)16(23)21-13-8-5-4-7-12(13)19/h4-11H,1-3H3,(H,21,23)/t18-/m1/s1. The molecule has 0 radical (unpaired) electrons. The van der Waals surface area contributed by atoms with Crippen molar-refractivity contribution in [1.82, 2.24) is 4.98 Å². The fourth-order valence-electron chi connectivity index (χ4n) is 2.66. The van der Waals surface area contributed by atoms with E-state index in [1.165, 1.54) is 30.0 Å². The van der Waals surface area contributed by atoms with Gasteiger partial charge in [0.2, 0.25) is 0 Å². The van der Waals surface area contributed by atoms with Crippen molar-refractivity contribution < 1.29 is 18.7 Å². The number of hydrogen-bond acceptors (Lipinski definition) is 4. The van der Waals surface area contributed by atoms with E-state index in [0.717, 1.165) is 0 Å². The summed E-state index contributed by atoms with van der Waals surface area (Å²) in [5.74, 6) is -1.21. The molecule has 0 aliphatic carbocycles. The number of halogens is 1. The second kappa shape index (κ2) is 6.16. The summed E-state index contributed by atoms with van der Waals surface area (Å²) in [5, 5.41) is 2.43. The first-order valence-corrected chi connectivity index (χ1v) is 7.88. The molecule has 2 amide bonds. The SMILES string of the molecule is CC(C)N1C(=O)[C@@](C)(C(=O)Nc2ccccc2F)Oc2cccnc21. The van der Waals surface area contributed by atoms with Gasteiger partial charge in [0, 0.05) is 12.2 Å². The van der Waals surface area contributed by atoms with Gasteiger partial charge in [-0.15, -0.1) is 0 Å². The van der Waals surface area contributed by atoms with Gasteiger partial charge < -0.3 is 10.1 Å². The van der Waals surface area contributed by atoms with E-state index in [-0.39, 0.29) is 11.7 Å². The number of carbonyl (C=O) groups excluding carboxylic acids is 2. The van der Waals surface area contributed by atoms with Crippen LogP contribution in [-0.4, -0.2) is 28.4 Å². The normalized spacial score (nSPS) is 19.4. The summed E-state index contributed by atoms with van der Waals surface area (Å²) in [6, 6.07) is 8.80. The molecule has 1 atom stereocenters. The van der Waals surface area contributed by atoms with Crippen LogP contribution in [-0.2, 0) is 9.59 Å². The second-order valence-corrected chi connectivity index (χ2v) is 6.16. The number of pyridine rings is 1. The van der Waals surface area contributed by atoms with Crippen LogP contribution in [0.3, 0.4) is 0 Å². The number of para-hydroxylation sites is 1. The van der Waals surface area contributed by atoms with E-state index >= 15 is 0 Å². The predicted molar refractivity (Wildman–Crippen MR) is 90.9 cm³/mol. The molecule has 0 fully saturated rings. The van der Waals surface area contributed by atoms with Crippen LogP contribution in [0.4, 0.5) is 15.9 Å². The molecule has 0 unspecified atom stereocenters. The van der Waals surface area contributed by atoms with E-state index in [1.54, 1.807) is 24.4 Å². The summed E-state index contributed by atoms with van der Waals surface area (Å²) >= 11 is 0. The van der Waals surface area contributed by atoms with Crippen LogP contribution in [0.15, 0.2) is 42.6 Å². The summed E-state index contributed by atoms with van der Waals surface area (Å²) in [4.78, 5) is 31.3. The highest BCUT2D eigenvalue weighted by atomic mass is 19.1. The van der Waals surface area contributed by atoms with Gasteiger partial charge in [-0.2, -0.15) is 0 Å². The minimum atomic E-state index is -1.83. The molecule has 7 heteroatoms. The van der Waals surface area contributed by atoms with Crippen LogP contribution >= 0.6 is 0 Å². The highest BCUT2D eigenvalue weighted by molar-refractivity contribution is 6.19. The molecule has 6 nitrogen and oxygen atoms in total. The Morgan fingerprint density at radius 1 is 1.28 bits per heavy atom. The first-order chi connectivity index (χ1) is 11.8. The lowest BCUT2D eigenvalue weighted by molar-refractivity contribution is -0.145. The Hall–Kier alpha value is -2.96. The average molecular weight is 343 g/mol. The number of nitrogens with one attached hydrogen (secondary N) is 1. The first-order valence-electron chi connectivity index (χ1n) is 7.88. The van der Waals surface area contributed by atoms with Gasteiger partial charge in [0.15, 0.2) is 11.6 Å².